The van der Waals surface area contributed by atoms with Crippen molar-refractivity contribution in [3.63, 3.8) is 0 Å². The third-order valence-electron chi connectivity index (χ3n) is 5.08. The van der Waals surface area contributed by atoms with Gasteiger partial charge in [0.05, 0.1) is 20.7 Å². The van der Waals surface area contributed by atoms with Crippen LogP contribution in [0.2, 0.25) is 19.6 Å². The second-order valence-electron chi connectivity index (χ2n) is 8.15. The van der Waals surface area contributed by atoms with Crippen LogP contribution in [0.1, 0.15) is 23.5 Å². The Morgan fingerprint density at radius 2 is 1.81 bits per heavy atom. The van der Waals surface area contributed by atoms with Crippen LogP contribution in [0.15, 0.2) is 54.6 Å². The number of rotatable bonds is 5. The third kappa shape index (κ3) is 5.43. The van der Waals surface area contributed by atoms with E-state index in [4.69, 9.17) is 9.47 Å². The fourth-order valence-corrected chi connectivity index (χ4v) is 4.59. The van der Waals surface area contributed by atoms with Crippen LogP contribution in [0, 0.1) is 0 Å². The van der Waals surface area contributed by atoms with Gasteiger partial charge in [0.2, 0.25) is 0 Å². The molecule has 144 valence electrons. The number of ether oxygens (including phenoxy) is 2. The molecule has 0 saturated carbocycles. The first-order chi connectivity index (χ1) is 12.9. The molecule has 3 rings (SSSR count). The summed E-state index contributed by atoms with van der Waals surface area (Å²) in [4.78, 5) is 12.3. The molecule has 1 aliphatic heterocycles. The highest BCUT2D eigenvalue weighted by atomic mass is 28.3. The van der Waals surface area contributed by atoms with Crippen LogP contribution in [0.5, 0.6) is 0 Å². The lowest BCUT2D eigenvalue weighted by molar-refractivity contribution is 0.0523. The van der Waals surface area contributed by atoms with Crippen LogP contribution in [-0.4, -0.2) is 33.4 Å². The van der Waals surface area contributed by atoms with Gasteiger partial charge in [0.25, 0.3) is 0 Å². The average molecular weight is 384 g/mol. The zero-order valence-corrected chi connectivity index (χ0v) is 17.4. The average Bonchev–Trinajstić information content (AvgIpc) is 2.67. The molecule has 1 saturated heterocycles. The second-order valence-corrected chi connectivity index (χ2v) is 13.2. The molecule has 5 heteroatoms. The summed E-state index contributed by atoms with van der Waals surface area (Å²) >= 11 is 0. The number of carbonyl (C=O) groups excluding carboxylic acids is 1. The Bertz CT molecular complexity index is 740. The number of benzene rings is 2. The lowest BCUT2D eigenvalue weighted by atomic mass is 9.88. The van der Waals surface area contributed by atoms with E-state index in [-0.39, 0.29) is 18.6 Å². The zero-order valence-electron chi connectivity index (χ0n) is 16.4. The normalized spacial score (nSPS) is 20.1. The predicted molar refractivity (Wildman–Crippen MR) is 111 cm³/mol. The first-order valence-electron chi connectivity index (χ1n) is 9.59. The summed E-state index contributed by atoms with van der Waals surface area (Å²) in [6.45, 7) is 8.56. The molecule has 0 unspecified atom stereocenters. The summed E-state index contributed by atoms with van der Waals surface area (Å²) in [7, 11) is -1.31. The smallest absolute Gasteiger partial charge is 0.407 e. The minimum absolute atomic E-state index is 0.0697. The van der Waals surface area contributed by atoms with E-state index in [9.17, 15) is 4.79 Å². The number of alkyl carbamates (subject to hydrolysis) is 1. The molecule has 0 aliphatic carbocycles. The van der Waals surface area contributed by atoms with Gasteiger partial charge < -0.3 is 14.8 Å². The van der Waals surface area contributed by atoms with Crippen molar-refractivity contribution < 1.29 is 14.3 Å². The fraction of sp³-hybridized carbons (Fsp3) is 0.409. The minimum atomic E-state index is -1.31. The summed E-state index contributed by atoms with van der Waals surface area (Å²) < 4.78 is 11.0. The molecule has 0 aromatic heterocycles. The Kier molecular flexibility index (Phi) is 6.34. The van der Waals surface area contributed by atoms with Crippen LogP contribution < -0.4 is 10.5 Å². The molecular formula is C22H29NO3Si. The van der Waals surface area contributed by atoms with E-state index in [1.54, 1.807) is 0 Å². The predicted octanol–water partition coefficient (Wildman–Crippen LogP) is 4.03. The SMILES string of the molecule is C[Si](C)(C)c1ccc([C@H]2CCOC[C@@H]2NC(=O)OCc2ccccc2)cc1. The van der Waals surface area contributed by atoms with Gasteiger partial charge in [-0.05, 0) is 17.5 Å². The molecule has 1 heterocycles. The van der Waals surface area contributed by atoms with Gasteiger partial charge >= 0.3 is 6.09 Å². The monoisotopic (exact) mass is 383 g/mol. The standard InChI is InChI=1S/C22H29NO3Si/c1-27(2,3)19-11-9-18(10-12-19)20-13-14-25-16-21(20)23-22(24)26-15-17-7-5-4-6-8-17/h4-12,20-21H,13-16H2,1-3H3,(H,23,24)/t20-,21+/m1/s1. The number of nitrogens with one attached hydrogen (secondary N) is 1. The van der Waals surface area contributed by atoms with Crippen molar-refractivity contribution in [1.29, 1.82) is 0 Å². The summed E-state index contributed by atoms with van der Waals surface area (Å²) in [6, 6.07) is 18.6. The van der Waals surface area contributed by atoms with E-state index in [1.807, 2.05) is 30.3 Å². The molecule has 1 fully saturated rings. The van der Waals surface area contributed by atoms with Crippen LogP contribution in [-0.2, 0) is 16.1 Å². The highest BCUT2D eigenvalue weighted by Crippen LogP contribution is 2.27. The number of hydrogen-bond donors (Lipinski definition) is 1. The Balaban J connectivity index is 1.62. The van der Waals surface area contributed by atoms with Gasteiger partial charge in [-0.2, -0.15) is 0 Å². The molecule has 1 N–H and O–H groups in total. The van der Waals surface area contributed by atoms with Gasteiger partial charge in [-0.3, -0.25) is 0 Å². The summed E-state index contributed by atoms with van der Waals surface area (Å²) in [5, 5.41) is 4.45. The first-order valence-corrected chi connectivity index (χ1v) is 13.1. The molecule has 0 radical (unpaired) electrons. The highest BCUT2D eigenvalue weighted by Gasteiger charge is 2.29. The third-order valence-corrected chi connectivity index (χ3v) is 7.14. The Morgan fingerprint density at radius 1 is 1.11 bits per heavy atom. The van der Waals surface area contributed by atoms with Gasteiger partial charge in [0.15, 0.2) is 0 Å². The van der Waals surface area contributed by atoms with E-state index >= 15 is 0 Å². The summed E-state index contributed by atoms with van der Waals surface area (Å²) in [5.41, 5.74) is 2.24. The van der Waals surface area contributed by atoms with E-state index in [1.165, 1.54) is 10.8 Å². The van der Waals surface area contributed by atoms with Crippen molar-refractivity contribution in [2.45, 2.75) is 44.6 Å². The molecule has 0 spiro atoms. The van der Waals surface area contributed by atoms with Crippen molar-refractivity contribution in [1.82, 2.24) is 5.32 Å². The fourth-order valence-electron chi connectivity index (χ4n) is 3.43. The molecule has 1 amide bonds. The topological polar surface area (TPSA) is 47.6 Å². The first kappa shape index (κ1) is 19.6. The van der Waals surface area contributed by atoms with Gasteiger partial charge in [-0.1, -0.05) is 79.4 Å². The van der Waals surface area contributed by atoms with Gasteiger partial charge in [0.1, 0.15) is 6.61 Å². The van der Waals surface area contributed by atoms with Gasteiger partial charge in [-0.15, -0.1) is 0 Å². The molecule has 4 nitrogen and oxygen atoms in total. The van der Waals surface area contributed by atoms with Crippen LogP contribution in [0.25, 0.3) is 0 Å². The van der Waals surface area contributed by atoms with Crippen molar-refractivity contribution >= 4 is 19.4 Å². The minimum Gasteiger partial charge on any atom is -0.445 e. The maximum Gasteiger partial charge on any atom is 0.407 e. The molecule has 2 atom stereocenters. The van der Waals surface area contributed by atoms with Crippen LogP contribution >= 0.6 is 0 Å². The quantitative estimate of drug-likeness (QED) is 0.793. The number of carbonyl (C=O) groups is 1. The van der Waals surface area contributed by atoms with E-state index in [0.29, 0.717) is 6.61 Å². The molecule has 27 heavy (non-hydrogen) atoms. The van der Waals surface area contributed by atoms with E-state index in [2.05, 4.69) is 49.2 Å². The van der Waals surface area contributed by atoms with Crippen molar-refractivity contribution in [3.8, 4) is 0 Å². The largest absolute Gasteiger partial charge is 0.445 e. The highest BCUT2D eigenvalue weighted by molar-refractivity contribution is 6.88. The number of amides is 1. The molecular weight excluding hydrogens is 354 g/mol. The van der Waals surface area contributed by atoms with Crippen LogP contribution in [0.4, 0.5) is 4.79 Å². The Morgan fingerprint density at radius 3 is 2.48 bits per heavy atom. The number of hydrogen-bond acceptors (Lipinski definition) is 3. The maximum absolute atomic E-state index is 12.3. The lowest BCUT2D eigenvalue weighted by Gasteiger charge is -2.32. The molecule has 1 aliphatic rings. The second kappa shape index (κ2) is 8.72. The van der Waals surface area contributed by atoms with E-state index in [0.717, 1.165) is 18.6 Å². The maximum atomic E-state index is 12.3. The molecule has 2 aromatic rings. The molecule has 2 aromatic carbocycles. The van der Waals surface area contributed by atoms with Crippen LogP contribution in [0.3, 0.4) is 0 Å². The Hall–Kier alpha value is -2.11. The van der Waals surface area contributed by atoms with Crippen molar-refractivity contribution in [2.24, 2.45) is 0 Å². The van der Waals surface area contributed by atoms with Crippen molar-refractivity contribution in [2.75, 3.05) is 13.2 Å². The molecule has 0 bridgehead atoms. The van der Waals surface area contributed by atoms with E-state index < -0.39 is 14.2 Å². The lowest BCUT2D eigenvalue weighted by Crippen LogP contribution is -2.45. The van der Waals surface area contributed by atoms with Gasteiger partial charge in [0, 0.05) is 12.5 Å². The summed E-state index contributed by atoms with van der Waals surface area (Å²) in [5.74, 6) is 0.249. The Labute approximate surface area is 162 Å². The van der Waals surface area contributed by atoms with Gasteiger partial charge in [-0.25, -0.2) is 4.79 Å². The summed E-state index contributed by atoms with van der Waals surface area (Å²) in [6.07, 6.45) is 0.508. The zero-order chi connectivity index (χ0) is 19.3. The van der Waals surface area contributed by atoms with Crippen molar-refractivity contribution in [3.05, 3.63) is 65.7 Å².